The molecule has 10 nitrogen and oxygen atoms in total. The number of primary amides is 1. The molecule has 28 heavy (non-hydrogen) atoms. The van der Waals surface area contributed by atoms with Gasteiger partial charge in [-0.3, -0.25) is 14.4 Å². The van der Waals surface area contributed by atoms with Gasteiger partial charge in [-0.25, -0.2) is 4.68 Å². The Labute approximate surface area is 164 Å². The van der Waals surface area contributed by atoms with Crippen LogP contribution >= 0.6 is 0 Å². The second kappa shape index (κ2) is 13.0. The van der Waals surface area contributed by atoms with E-state index in [0.717, 1.165) is 5.69 Å². The topological polar surface area (TPSA) is 171 Å². The van der Waals surface area contributed by atoms with Gasteiger partial charge in [0.2, 0.25) is 11.8 Å². The molecule has 3 amide bonds. The normalized spacial score (nSPS) is 10.4. The van der Waals surface area contributed by atoms with Crippen LogP contribution in [-0.4, -0.2) is 54.7 Å². The lowest BCUT2D eigenvalue weighted by Crippen LogP contribution is -2.47. The van der Waals surface area contributed by atoms with E-state index in [2.05, 4.69) is 27.2 Å². The smallest absolute Gasteiger partial charge is 0.255 e. The van der Waals surface area contributed by atoms with Crippen molar-refractivity contribution in [3.05, 3.63) is 47.8 Å². The Bertz CT molecular complexity index is 760. The first-order valence-electron chi connectivity index (χ1n) is 8.50. The van der Waals surface area contributed by atoms with E-state index in [1.807, 2.05) is 30.3 Å². The van der Waals surface area contributed by atoms with Crippen LogP contribution in [0.3, 0.4) is 0 Å². The summed E-state index contributed by atoms with van der Waals surface area (Å²) in [6, 6.07) is 8.31. The molecule has 0 aliphatic carbocycles. The number of amides is 3. The zero-order valence-corrected chi connectivity index (χ0v) is 16.6. The van der Waals surface area contributed by atoms with E-state index in [-0.39, 0.29) is 6.42 Å². The first-order valence-corrected chi connectivity index (χ1v) is 8.50. The summed E-state index contributed by atoms with van der Waals surface area (Å²) in [6.07, 6.45) is 1.14. The summed E-state index contributed by atoms with van der Waals surface area (Å²) in [5.74, 6) is -1.67. The lowest BCUT2D eigenvalue weighted by molar-refractivity contribution is -0.126. The number of carbonyl (C=O) groups is 3. The third kappa shape index (κ3) is 6.82. The zero-order chi connectivity index (χ0) is 21.7. The molecule has 1 heterocycles. The second-order valence-electron chi connectivity index (χ2n) is 5.20. The highest BCUT2D eigenvalue weighted by atomic mass is 16.2. The van der Waals surface area contributed by atoms with Gasteiger partial charge < -0.3 is 27.8 Å². The van der Waals surface area contributed by atoms with Gasteiger partial charge in [0.1, 0.15) is 6.04 Å². The van der Waals surface area contributed by atoms with E-state index < -0.39 is 23.8 Å². The standard InChI is InChI=1S/C16H19N5O3.2CH5N/c1-10-12(9-19-21(10)11-6-4-3-5-7-11)15(23)20-13(8-14(17)22)16(24)18-2;2*1-2/h3-7,9,13H,8H2,1-2H3,(H2,17,22)(H,18,24)(H,20,23);2*2H2,1H3/t13-;;/m0../s1. The summed E-state index contributed by atoms with van der Waals surface area (Å²) in [6.45, 7) is 1.75. The van der Waals surface area contributed by atoms with Crippen molar-refractivity contribution < 1.29 is 14.4 Å². The summed E-state index contributed by atoms with van der Waals surface area (Å²) in [5.41, 5.74) is 15.9. The van der Waals surface area contributed by atoms with E-state index in [9.17, 15) is 14.4 Å². The molecule has 1 aromatic carbocycles. The van der Waals surface area contributed by atoms with Gasteiger partial charge in [0, 0.05) is 7.05 Å². The highest BCUT2D eigenvalue weighted by molar-refractivity contribution is 5.99. The third-order valence-electron chi connectivity index (χ3n) is 3.53. The predicted octanol–water partition coefficient (Wildman–Crippen LogP) is -0.950. The first kappa shape index (κ1) is 24.8. The number of rotatable bonds is 6. The molecule has 0 aliphatic heterocycles. The molecule has 8 N–H and O–H groups in total. The minimum absolute atomic E-state index is 0.280. The summed E-state index contributed by atoms with van der Waals surface area (Å²) in [4.78, 5) is 35.3. The molecule has 1 atom stereocenters. The fourth-order valence-electron chi connectivity index (χ4n) is 2.28. The number of likely N-dealkylation sites (N-methyl/N-ethyl adjacent to an activating group) is 1. The SMILES string of the molecule is CN.CN.CNC(=O)[C@H](CC(N)=O)NC(=O)c1cnn(-c2ccccc2)c1C. The van der Waals surface area contributed by atoms with Gasteiger partial charge in [0.15, 0.2) is 0 Å². The highest BCUT2D eigenvalue weighted by Gasteiger charge is 2.24. The second-order valence-corrected chi connectivity index (χ2v) is 5.20. The van der Waals surface area contributed by atoms with Crippen LogP contribution in [0, 0.1) is 6.92 Å². The average molecular weight is 391 g/mol. The predicted molar refractivity (Wildman–Crippen MR) is 108 cm³/mol. The van der Waals surface area contributed by atoms with Gasteiger partial charge in [-0.15, -0.1) is 0 Å². The van der Waals surface area contributed by atoms with Gasteiger partial charge in [-0.1, -0.05) is 18.2 Å². The number of carbonyl (C=O) groups excluding carboxylic acids is 3. The summed E-state index contributed by atoms with van der Waals surface area (Å²) in [5, 5.41) is 9.11. The average Bonchev–Trinajstić information content (AvgIpc) is 3.11. The Morgan fingerprint density at radius 3 is 2.18 bits per heavy atom. The molecule has 1 aromatic heterocycles. The highest BCUT2D eigenvalue weighted by Crippen LogP contribution is 2.14. The Balaban J connectivity index is 0.00000171. The van der Waals surface area contributed by atoms with Gasteiger partial charge in [-0.05, 0) is 33.2 Å². The fraction of sp³-hybridized carbons (Fsp3) is 0.333. The maximum Gasteiger partial charge on any atom is 0.255 e. The fourth-order valence-corrected chi connectivity index (χ4v) is 2.28. The quantitative estimate of drug-likeness (QED) is 0.425. The first-order chi connectivity index (χ1) is 13.4. The number of hydrogen-bond donors (Lipinski definition) is 5. The van der Waals surface area contributed by atoms with E-state index in [4.69, 9.17) is 5.73 Å². The van der Waals surface area contributed by atoms with Crippen molar-refractivity contribution >= 4 is 17.7 Å². The number of aromatic nitrogens is 2. The minimum atomic E-state index is -1.03. The molecule has 0 aliphatic rings. The van der Waals surface area contributed by atoms with Crippen LogP contribution < -0.4 is 27.8 Å². The van der Waals surface area contributed by atoms with Crippen LogP contribution in [-0.2, 0) is 9.59 Å². The molecule has 154 valence electrons. The van der Waals surface area contributed by atoms with Crippen molar-refractivity contribution in [3.8, 4) is 5.69 Å². The van der Waals surface area contributed by atoms with Gasteiger partial charge in [-0.2, -0.15) is 5.10 Å². The van der Waals surface area contributed by atoms with Gasteiger partial charge in [0.25, 0.3) is 5.91 Å². The van der Waals surface area contributed by atoms with Crippen molar-refractivity contribution in [2.24, 2.45) is 17.2 Å². The molecule has 0 saturated carbocycles. The minimum Gasteiger partial charge on any atom is -0.370 e. The van der Waals surface area contributed by atoms with E-state index in [0.29, 0.717) is 11.3 Å². The Morgan fingerprint density at radius 1 is 1.11 bits per heavy atom. The molecular formula is C18H29N7O3. The molecule has 0 unspecified atom stereocenters. The number of nitrogens with one attached hydrogen (secondary N) is 2. The number of benzene rings is 1. The van der Waals surface area contributed by atoms with E-state index in [1.165, 1.54) is 27.3 Å². The van der Waals surface area contributed by atoms with Crippen LogP contribution in [0.4, 0.5) is 0 Å². The maximum atomic E-state index is 12.4. The largest absolute Gasteiger partial charge is 0.370 e. The summed E-state index contributed by atoms with van der Waals surface area (Å²) in [7, 11) is 4.42. The van der Waals surface area contributed by atoms with Crippen molar-refractivity contribution in [1.82, 2.24) is 20.4 Å². The molecule has 2 rings (SSSR count). The lowest BCUT2D eigenvalue weighted by Gasteiger charge is -2.15. The Morgan fingerprint density at radius 2 is 1.68 bits per heavy atom. The van der Waals surface area contributed by atoms with Crippen LogP contribution in [0.2, 0.25) is 0 Å². The molecule has 10 heteroatoms. The molecule has 2 aromatic rings. The van der Waals surface area contributed by atoms with Crippen LogP contribution in [0.15, 0.2) is 36.5 Å². The Hall–Kier alpha value is -3.24. The molecule has 0 saturated heterocycles. The van der Waals surface area contributed by atoms with Crippen LogP contribution in [0.1, 0.15) is 22.5 Å². The maximum absolute atomic E-state index is 12.4. The van der Waals surface area contributed by atoms with Crippen molar-refractivity contribution in [3.63, 3.8) is 0 Å². The zero-order valence-electron chi connectivity index (χ0n) is 16.6. The van der Waals surface area contributed by atoms with Crippen molar-refractivity contribution in [2.75, 3.05) is 21.1 Å². The summed E-state index contributed by atoms with van der Waals surface area (Å²) < 4.78 is 1.62. The molecule has 0 fully saturated rings. The number of hydrogen-bond acceptors (Lipinski definition) is 6. The van der Waals surface area contributed by atoms with Crippen molar-refractivity contribution in [2.45, 2.75) is 19.4 Å². The van der Waals surface area contributed by atoms with E-state index in [1.54, 1.807) is 11.6 Å². The third-order valence-corrected chi connectivity index (χ3v) is 3.53. The molecule has 0 spiro atoms. The van der Waals surface area contributed by atoms with Crippen LogP contribution in [0.25, 0.3) is 5.69 Å². The summed E-state index contributed by atoms with van der Waals surface area (Å²) >= 11 is 0. The number of nitrogens with zero attached hydrogens (tertiary/aromatic N) is 2. The molecule has 0 bridgehead atoms. The molecular weight excluding hydrogens is 362 g/mol. The van der Waals surface area contributed by atoms with Gasteiger partial charge in [0.05, 0.1) is 29.6 Å². The monoisotopic (exact) mass is 391 g/mol. The van der Waals surface area contributed by atoms with Crippen LogP contribution in [0.5, 0.6) is 0 Å². The lowest BCUT2D eigenvalue weighted by atomic mass is 10.1. The van der Waals surface area contributed by atoms with E-state index >= 15 is 0 Å². The molecule has 0 radical (unpaired) electrons. The van der Waals surface area contributed by atoms with Gasteiger partial charge >= 0.3 is 0 Å². The number of nitrogens with two attached hydrogens (primary N) is 3. The van der Waals surface area contributed by atoms with Crippen molar-refractivity contribution in [1.29, 1.82) is 0 Å². The number of para-hydroxylation sites is 1. The Kier molecular flexibility index (Phi) is 11.5.